The molecule has 0 saturated carbocycles. The zero-order valence-electron chi connectivity index (χ0n) is 8.52. The number of hydrogen-bond donors (Lipinski definition) is 1. The summed E-state index contributed by atoms with van der Waals surface area (Å²) < 4.78 is 25.0. The fourth-order valence-electron chi connectivity index (χ4n) is 1.03. The molecule has 0 aromatic carbocycles. The number of nitrogens with one attached hydrogen (secondary N) is 1. The van der Waals surface area contributed by atoms with Crippen LogP contribution in [0.15, 0.2) is 6.07 Å². The minimum Gasteiger partial charge on any atom is -0.370 e. The molecule has 1 heterocycles. The van der Waals surface area contributed by atoms with Gasteiger partial charge in [0.15, 0.2) is 0 Å². The molecule has 1 aromatic rings. The quantitative estimate of drug-likeness (QED) is 0.816. The molecule has 1 N–H and O–H groups in total. The number of nitrogens with zero attached hydrogens (tertiary/aromatic N) is 2. The topological polar surface area (TPSA) is 37.8 Å². The first-order valence-corrected chi connectivity index (χ1v) is 4.87. The number of alkyl halides is 2. The average Bonchev–Trinajstić information content (AvgIpc) is 1.99. The summed E-state index contributed by atoms with van der Waals surface area (Å²) in [5.41, 5.74) is 0.695. The van der Waals surface area contributed by atoms with Crippen molar-refractivity contribution in [2.75, 3.05) is 11.9 Å². The van der Waals surface area contributed by atoms with Crippen molar-refractivity contribution in [2.24, 2.45) is 0 Å². The lowest BCUT2D eigenvalue weighted by molar-refractivity contribution is 0.0167. The summed E-state index contributed by atoms with van der Waals surface area (Å²) in [5, 5.41) is 2.88. The molecule has 0 aliphatic carbocycles. The second-order valence-electron chi connectivity index (χ2n) is 3.41. The first-order valence-electron chi connectivity index (χ1n) is 4.50. The van der Waals surface area contributed by atoms with E-state index >= 15 is 0 Å². The van der Waals surface area contributed by atoms with E-state index in [-0.39, 0.29) is 18.2 Å². The Balaban J connectivity index is 2.51. The molecule has 1 aromatic heterocycles. The Morgan fingerprint density at radius 2 is 2.13 bits per heavy atom. The van der Waals surface area contributed by atoms with Gasteiger partial charge in [0.05, 0.1) is 0 Å². The van der Waals surface area contributed by atoms with E-state index in [1.54, 1.807) is 13.0 Å². The second kappa shape index (κ2) is 4.70. The summed E-state index contributed by atoms with van der Waals surface area (Å²) in [4.78, 5) is 7.71. The van der Waals surface area contributed by atoms with E-state index in [1.807, 2.05) is 0 Å². The maximum atomic E-state index is 12.5. The largest absolute Gasteiger partial charge is 0.370 e. The van der Waals surface area contributed by atoms with Crippen molar-refractivity contribution >= 4 is 17.4 Å². The first-order chi connectivity index (χ1) is 6.87. The van der Waals surface area contributed by atoms with Gasteiger partial charge in [-0.1, -0.05) is 0 Å². The Bertz CT molecular complexity index is 318. The van der Waals surface area contributed by atoms with E-state index < -0.39 is 5.92 Å². The molecule has 6 heteroatoms. The van der Waals surface area contributed by atoms with Crippen LogP contribution in [0, 0.1) is 6.92 Å². The highest BCUT2D eigenvalue weighted by molar-refractivity contribution is 6.28. The van der Waals surface area contributed by atoms with Crippen LogP contribution in [-0.2, 0) is 0 Å². The van der Waals surface area contributed by atoms with Crippen molar-refractivity contribution in [3.63, 3.8) is 0 Å². The molecule has 0 bridgehead atoms. The van der Waals surface area contributed by atoms with E-state index in [4.69, 9.17) is 11.6 Å². The Kier molecular flexibility index (Phi) is 3.79. The van der Waals surface area contributed by atoms with Crippen LogP contribution in [0.1, 0.15) is 19.0 Å². The van der Waals surface area contributed by atoms with Crippen molar-refractivity contribution in [1.82, 2.24) is 9.97 Å². The van der Waals surface area contributed by atoms with Gasteiger partial charge in [-0.25, -0.2) is 18.7 Å². The third kappa shape index (κ3) is 4.88. The molecule has 0 amide bonds. The van der Waals surface area contributed by atoms with Gasteiger partial charge in [0.2, 0.25) is 11.2 Å². The molecule has 84 valence electrons. The Morgan fingerprint density at radius 1 is 1.47 bits per heavy atom. The van der Waals surface area contributed by atoms with Crippen molar-refractivity contribution in [3.05, 3.63) is 17.0 Å². The third-order valence-corrected chi connectivity index (χ3v) is 1.87. The highest BCUT2D eigenvalue weighted by atomic mass is 35.5. The average molecular weight is 236 g/mol. The van der Waals surface area contributed by atoms with E-state index in [2.05, 4.69) is 15.3 Å². The van der Waals surface area contributed by atoms with Crippen LogP contribution in [-0.4, -0.2) is 22.4 Å². The molecule has 0 spiro atoms. The van der Waals surface area contributed by atoms with Gasteiger partial charge in [0, 0.05) is 24.7 Å². The van der Waals surface area contributed by atoms with Crippen molar-refractivity contribution in [3.8, 4) is 0 Å². The molecule has 0 radical (unpaired) electrons. The van der Waals surface area contributed by atoms with Crippen molar-refractivity contribution < 1.29 is 8.78 Å². The van der Waals surface area contributed by atoms with E-state index in [0.29, 0.717) is 11.5 Å². The van der Waals surface area contributed by atoms with Crippen molar-refractivity contribution in [1.29, 1.82) is 0 Å². The lowest BCUT2D eigenvalue weighted by atomic mass is 10.3. The highest BCUT2D eigenvalue weighted by Crippen LogP contribution is 2.17. The number of aromatic nitrogens is 2. The van der Waals surface area contributed by atoms with Gasteiger partial charge in [0.1, 0.15) is 5.82 Å². The summed E-state index contributed by atoms with van der Waals surface area (Å²) in [6.07, 6.45) is -0.242. The van der Waals surface area contributed by atoms with Crippen LogP contribution in [0.2, 0.25) is 5.28 Å². The number of rotatable bonds is 4. The first kappa shape index (κ1) is 12.1. The maximum Gasteiger partial charge on any atom is 0.247 e. The van der Waals surface area contributed by atoms with Crippen LogP contribution >= 0.6 is 11.6 Å². The van der Waals surface area contributed by atoms with Crippen LogP contribution in [0.5, 0.6) is 0 Å². The fraction of sp³-hybridized carbons (Fsp3) is 0.556. The zero-order chi connectivity index (χ0) is 11.5. The van der Waals surface area contributed by atoms with Crippen LogP contribution in [0.25, 0.3) is 0 Å². The molecule has 0 saturated heterocycles. The Hall–Kier alpha value is -0.970. The van der Waals surface area contributed by atoms with Gasteiger partial charge in [-0.15, -0.1) is 0 Å². The lowest BCUT2D eigenvalue weighted by Crippen LogP contribution is -2.16. The van der Waals surface area contributed by atoms with Gasteiger partial charge < -0.3 is 5.32 Å². The number of aryl methyl sites for hydroxylation is 1. The molecule has 0 fully saturated rings. The van der Waals surface area contributed by atoms with Gasteiger partial charge >= 0.3 is 0 Å². The maximum absolute atomic E-state index is 12.5. The molecule has 0 aliphatic heterocycles. The third-order valence-electron chi connectivity index (χ3n) is 1.70. The molecule has 0 atom stereocenters. The zero-order valence-corrected chi connectivity index (χ0v) is 9.28. The number of halogens is 3. The Labute approximate surface area is 91.9 Å². The normalized spacial score (nSPS) is 11.5. The predicted molar refractivity (Wildman–Crippen MR) is 55.5 cm³/mol. The molecule has 3 nitrogen and oxygen atoms in total. The summed E-state index contributed by atoms with van der Waals surface area (Å²) in [6.45, 7) is 2.79. The number of hydrogen-bond acceptors (Lipinski definition) is 3. The molecule has 15 heavy (non-hydrogen) atoms. The van der Waals surface area contributed by atoms with E-state index in [9.17, 15) is 8.78 Å². The van der Waals surface area contributed by atoms with Gasteiger partial charge in [-0.05, 0) is 25.4 Å². The van der Waals surface area contributed by atoms with Gasteiger partial charge in [-0.3, -0.25) is 0 Å². The standard InChI is InChI=1S/C9H12ClF2N3/c1-6-5-7(15-8(10)14-6)13-4-3-9(2,11)12/h5H,3-4H2,1-2H3,(H,13,14,15). The monoisotopic (exact) mass is 235 g/mol. The Morgan fingerprint density at radius 3 is 2.67 bits per heavy atom. The summed E-state index contributed by atoms with van der Waals surface area (Å²) in [6, 6.07) is 1.65. The molecular weight excluding hydrogens is 224 g/mol. The van der Waals surface area contributed by atoms with Crippen LogP contribution in [0.3, 0.4) is 0 Å². The predicted octanol–water partition coefficient (Wildman–Crippen LogP) is 2.90. The SMILES string of the molecule is Cc1cc(NCCC(C)(F)F)nc(Cl)n1. The van der Waals surface area contributed by atoms with Crippen molar-refractivity contribution in [2.45, 2.75) is 26.2 Å². The number of anilines is 1. The minimum absolute atomic E-state index is 0.112. The van der Waals surface area contributed by atoms with E-state index in [0.717, 1.165) is 6.92 Å². The second-order valence-corrected chi connectivity index (χ2v) is 3.75. The smallest absolute Gasteiger partial charge is 0.247 e. The summed E-state index contributed by atoms with van der Waals surface area (Å²) in [5.74, 6) is -2.20. The molecule has 0 unspecified atom stereocenters. The van der Waals surface area contributed by atoms with Gasteiger partial charge in [0.25, 0.3) is 0 Å². The molecule has 0 aliphatic rings. The molecule has 1 rings (SSSR count). The fourth-order valence-corrected chi connectivity index (χ4v) is 1.26. The van der Waals surface area contributed by atoms with Crippen LogP contribution < -0.4 is 5.32 Å². The van der Waals surface area contributed by atoms with Crippen LogP contribution in [0.4, 0.5) is 14.6 Å². The summed E-state index contributed by atoms with van der Waals surface area (Å²) in [7, 11) is 0. The minimum atomic E-state index is -2.67. The highest BCUT2D eigenvalue weighted by Gasteiger charge is 2.19. The van der Waals surface area contributed by atoms with E-state index in [1.165, 1.54) is 0 Å². The summed E-state index contributed by atoms with van der Waals surface area (Å²) >= 11 is 5.61. The van der Waals surface area contributed by atoms with Gasteiger partial charge in [-0.2, -0.15) is 0 Å². The lowest BCUT2D eigenvalue weighted by Gasteiger charge is -2.11. The molecular formula is C9H12ClF2N3.